The Kier molecular flexibility index (Phi) is 5.84. The summed E-state index contributed by atoms with van der Waals surface area (Å²) < 4.78 is 0. The first-order valence-corrected chi connectivity index (χ1v) is 9.18. The second-order valence-electron chi connectivity index (χ2n) is 6.51. The first kappa shape index (κ1) is 17.2. The van der Waals surface area contributed by atoms with Gasteiger partial charge in [0.2, 0.25) is 5.95 Å². The molecule has 0 aliphatic carbocycles. The topological polar surface area (TPSA) is 64.8 Å². The van der Waals surface area contributed by atoms with Crippen molar-refractivity contribution >= 4 is 17.5 Å². The lowest BCUT2D eigenvalue weighted by Gasteiger charge is -2.28. The van der Waals surface area contributed by atoms with E-state index >= 15 is 0 Å². The first-order chi connectivity index (χ1) is 12.3. The Bertz CT molecular complexity index is 744. The molecule has 25 heavy (non-hydrogen) atoms. The average molecular weight is 335 g/mol. The predicted molar refractivity (Wildman–Crippen MR) is 101 cm³/mol. The molecule has 1 fully saturated rings. The Morgan fingerprint density at radius 3 is 2.76 bits per heavy atom. The number of piperidine rings is 1. The number of aromatic nitrogens is 2. The van der Waals surface area contributed by atoms with E-state index in [9.17, 15) is 0 Å². The summed E-state index contributed by atoms with van der Waals surface area (Å²) in [5.41, 5.74) is 2.55. The lowest BCUT2D eigenvalue weighted by molar-refractivity contribution is 0.572. The summed E-state index contributed by atoms with van der Waals surface area (Å²) in [5, 5.41) is 12.3. The van der Waals surface area contributed by atoms with Crippen molar-refractivity contribution in [2.75, 3.05) is 23.3 Å². The molecule has 1 aliphatic heterocycles. The van der Waals surface area contributed by atoms with E-state index in [0.29, 0.717) is 11.5 Å². The number of nitrogens with zero attached hydrogens (tertiary/aromatic N) is 4. The van der Waals surface area contributed by atoms with Crippen LogP contribution < -0.4 is 10.2 Å². The van der Waals surface area contributed by atoms with Gasteiger partial charge in [0.1, 0.15) is 5.82 Å². The van der Waals surface area contributed by atoms with Crippen molar-refractivity contribution in [2.45, 2.75) is 45.4 Å². The zero-order valence-electron chi connectivity index (χ0n) is 14.8. The summed E-state index contributed by atoms with van der Waals surface area (Å²) in [4.78, 5) is 11.8. The third-order valence-electron chi connectivity index (χ3n) is 4.48. The van der Waals surface area contributed by atoms with E-state index in [1.165, 1.54) is 19.3 Å². The summed E-state index contributed by atoms with van der Waals surface area (Å²) in [6, 6.07) is 11.7. The number of unbranched alkanes of at least 4 members (excludes halogenated alkanes) is 1. The SMILES string of the molecule is CCCCc1cc(N2CCCCC2)nc(Nc2cccc(C#N)c2)n1. The third-order valence-corrected chi connectivity index (χ3v) is 4.48. The second kappa shape index (κ2) is 8.48. The molecular weight excluding hydrogens is 310 g/mol. The number of nitrogens with one attached hydrogen (secondary N) is 1. The van der Waals surface area contributed by atoms with Gasteiger partial charge in [0.05, 0.1) is 11.6 Å². The highest BCUT2D eigenvalue weighted by atomic mass is 15.2. The van der Waals surface area contributed by atoms with Crippen LogP contribution in [0.2, 0.25) is 0 Å². The van der Waals surface area contributed by atoms with Gasteiger partial charge in [0, 0.05) is 30.5 Å². The lowest BCUT2D eigenvalue weighted by Crippen LogP contribution is -2.30. The van der Waals surface area contributed by atoms with Gasteiger partial charge in [-0.1, -0.05) is 19.4 Å². The minimum absolute atomic E-state index is 0.615. The largest absolute Gasteiger partial charge is 0.356 e. The maximum absolute atomic E-state index is 9.07. The van der Waals surface area contributed by atoms with Crippen LogP contribution in [0.1, 0.15) is 50.3 Å². The van der Waals surface area contributed by atoms with Crippen LogP contribution >= 0.6 is 0 Å². The summed E-state index contributed by atoms with van der Waals surface area (Å²) >= 11 is 0. The Hall–Kier alpha value is -2.61. The number of nitriles is 1. The quantitative estimate of drug-likeness (QED) is 0.846. The van der Waals surface area contributed by atoms with Gasteiger partial charge >= 0.3 is 0 Å². The summed E-state index contributed by atoms with van der Waals surface area (Å²) in [6.07, 6.45) is 6.99. The smallest absolute Gasteiger partial charge is 0.229 e. The Labute approximate surface area is 149 Å². The first-order valence-electron chi connectivity index (χ1n) is 9.18. The highest BCUT2D eigenvalue weighted by molar-refractivity contribution is 5.58. The van der Waals surface area contributed by atoms with Gasteiger partial charge in [0.15, 0.2) is 0 Å². The van der Waals surface area contributed by atoms with Crippen molar-refractivity contribution in [1.29, 1.82) is 5.26 Å². The number of rotatable bonds is 6. The molecule has 0 unspecified atom stereocenters. The van der Waals surface area contributed by atoms with Crippen LogP contribution in [0.25, 0.3) is 0 Å². The molecule has 130 valence electrons. The van der Waals surface area contributed by atoms with Gasteiger partial charge < -0.3 is 10.2 Å². The van der Waals surface area contributed by atoms with Crippen LogP contribution in [-0.2, 0) is 6.42 Å². The van der Waals surface area contributed by atoms with Crippen LogP contribution in [0.4, 0.5) is 17.5 Å². The molecule has 1 aromatic carbocycles. The summed E-state index contributed by atoms with van der Waals surface area (Å²) in [7, 11) is 0. The zero-order chi connectivity index (χ0) is 17.5. The van der Waals surface area contributed by atoms with Gasteiger partial charge in [-0.05, 0) is 50.3 Å². The monoisotopic (exact) mass is 335 g/mol. The fourth-order valence-electron chi connectivity index (χ4n) is 3.11. The van der Waals surface area contributed by atoms with Crippen molar-refractivity contribution in [3.8, 4) is 6.07 Å². The van der Waals surface area contributed by atoms with Crippen molar-refractivity contribution < 1.29 is 0 Å². The van der Waals surface area contributed by atoms with Crippen LogP contribution in [0, 0.1) is 11.3 Å². The van der Waals surface area contributed by atoms with E-state index in [-0.39, 0.29) is 0 Å². The van der Waals surface area contributed by atoms with Gasteiger partial charge in [-0.25, -0.2) is 4.98 Å². The Morgan fingerprint density at radius 2 is 2.00 bits per heavy atom. The van der Waals surface area contributed by atoms with Crippen LogP contribution in [0.3, 0.4) is 0 Å². The molecule has 2 heterocycles. The lowest BCUT2D eigenvalue weighted by atomic mass is 10.1. The molecule has 1 N–H and O–H groups in total. The molecular formula is C20H25N5. The highest BCUT2D eigenvalue weighted by Crippen LogP contribution is 2.22. The molecule has 1 saturated heterocycles. The molecule has 0 saturated carbocycles. The average Bonchev–Trinajstić information content (AvgIpc) is 2.67. The summed E-state index contributed by atoms with van der Waals surface area (Å²) in [5.74, 6) is 1.63. The number of hydrogen-bond donors (Lipinski definition) is 1. The van der Waals surface area contributed by atoms with E-state index in [2.05, 4.69) is 34.3 Å². The molecule has 0 atom stereocenters. The molecule has 0 bridgehead atoms. The minimum atomic E-state index is 0.615. The van der Waals surface area contributed by atoms with E-state index < -0.39 is 0 Å². The van der Waals surface area contributed by atoms with E-state index in [1.54, 1.807) is 6.07 Å². The molecule has 1 aliphatic rings. The fraction of sp³-hybridized carbons (Fsp3) is 0.450. The molecule has 0 radical (unpaired) electrons. The normalized spacial score (nSPS) is 14.2. The maximum Gasteiger partial charge on any atom is 0.229 e. The molecule has 3 rings (SSSR count). The number of hydrogen-bond acceptors (Lipinski definition) is 5. The van der Waals surface area contributed by atoms with E-state index in [4.69, 9.17) is 10.2 Å². The van der Waals surface area contributed by atoms with E-state index in [1.807, 2.05) is 18.2 Å². The van der Waals surface area contributed by atoms with Gasteiger partial charge in [-0.15, -0.1) is 0 Å². The van der Waals surface area contributed by atoms with E-state index in [0.717, 1.165) is 49.6 Å². The number of anilines is 3. The van der Waals surface area contributed by atoms with Crippen LogP contribution in [-0.4, -0.2) is 23.1 Å². The second-order valence-corrected chi connectivity index (χ2v) is 6.51. The Balaban J connectivity index is 1.86. The highest BCUT2D eigenvalue weighted by Gasteiger charge is 2.15. The predicted octanol–water partition coefficient (Wildman–Crippen LogP) is 4.42. The number of benzene rings is 1. The Morgan fingerprint density at radius 1 is 1.16 bits per heavy atom. The molecule has 1 aromatic heterocycles. The molecule has 0 spiro atoms. The van der Waals surface area contributed by atoms with Crippen molar-refractivity contribution in [1.82, 2.24) is 9.97 Å². The maximum atomic E-state index is 9.07. The molecule has 2 aromatic rings. The van der Waals surface area contributed by atoms with Crippen molar-refractivity contribution in [3.05, 3.63) is 41.6 Å². The van der Waals surface area contributed by atoms with Crippen molar-refractivity contribution in [2.24, 2.45) is 0 Å². The minimum Gasteiger partial charge on any atom is -0.356 e. The third kappa shape index (κ3) is 4.69. The number of aryl methyl sites for hydroxylation is 1. The van der Waals surface area contributed by atoms with Crippen molar-refractivity contribution in [3.63, 3.8) is 0 Å². The molecule has 0 amide bonds. The van der Waals surface area contributed by atoms with Gasteiger partial charge in [0.25, 0.3) is 0 Å². The standard InChI is InChI=1S/C20H25N5/c1-2-3-9-18-14-19(25-11-5-4-6-12-25)24-20(23-18)22-17-10-7-8-16(13-17)15-21/h7-8,10,13-14H,2-6,9,11-12H2,1H3,(H,22,23,24). The zero-order valence-corrected chi connectivity index (χ0v) is 14.8. The van der Waals surface area contributed by atoms with Gasteiger partial charge in [-0.3, -0.25) is 0 Å². The van der Waals surface area contributed by atoms with Crippen LogP contribution in [0.15, 0.2) is 30.3 Å². The molecule has 5 nitrogen and oxygen atoms in total. The fourth-order valence-corrected chi connectivity index (χ4v) is 3.11. The summed E-state index contributed by atoms with van der Waals surface area (Å²) in [6.45, 7) is 4.32. The molecule has 5 heteroatoms. The van der Waals surface area contributed by atoms with Gasteiger partial charge in [-0.2, -0.15) is 10.2 Å². The van der Waals surface area contributed by atoms with Crippen LogP contribution in [0.5, 0.6) is 0 Å².